The molecule has 0 spiro atoms. The fourth-order valence-corrected chi connectivity index (χ4v) is 8.24. The van der Waals surface area contributed by atoms with Gasteiger partial charge in [-0.3, -0.25) is 4.79 Å². The van der Waals surface area contributed by atoms with Crippen LogP contribution < -0.4 is 0 Å². The molecule has 0 atom stereocenters. The summed E-state index contributed by atoms with van der Waals surface area (Å²) in [5.41, 5.74) is 4.05. The molecule has 0 bridgehead atoms. The van der Waals surface area contributed by atoms with E-state index >= 15 is 0 Å². The molecule has 3 aromatic carbocycles. The number of hydrogen-bond acceptors (Lipinski definition) is 2. The summed E-state index contributed by atoms with van der Waals surface area (Å²) in [5.74, 6) is -0.122. The van der Waals surface area contributed by atoms with Crippen molar-refractivity contribution in [3.8, 4) is 0 Å². The summed E-state index contributed by atoms with van der Waals surface area (Å²) in [6.07, 6.45) is 15.5. The van der Waals surface area contributed by atoms with E-state index in [4.69, 9.17) is 4.18 Å². The third-order valence-corrected chi connectivity index (χ3v) is 10.9. The van der Waals surface area contributed by atoms with Crippen LogP contribution in [0.25, 0.3) is 0 Å². The lowest BCUT2D eigenvalue weighted by atomic mass is 10.1. The maximum absolute atomic E-state index is 13.3. The zero-order valence-corrected chi connectivity index (χ0v) is 26.4. The van der Waals surface area contributed by atoms with Gasteiger partial charge in [0.1, 0.15) is 0 Å². The molecule has 0 heterocycles. The number of carbonyl (C=O) groups excluding carboxylic acids is 1. The molecule has 0 fully saturated rings. The Balaban J connectivity index is 2.09. The second-order valence-electron chi connectivity index (χ2n) is 11.1. The Morgan fingerprint density at radius 2 is 0.825 bits per heavy atom. The molecule has 3 rings (SSSR count). The zero-order chi connectivity index (χ0) is 28.6. The van der Waals surface area contributed by atoms with E-state index in [2.05, 4.69) is 93.6 Å². The Morgan fingerprint density at radius 1 is 0.500 bits per heavy atom. The third kappa shape index (κ3) is 8.99. The highest BCUT2D eigenvalue weighted by Gasteiger charge is 2.35. The van der Waals surface area contributed by atoms with Crippen molar-refractivity contribution >= 4 is 16.3 Å². The molecule has 0 radical (unpaired) electrons. The maximum atomic E-state index is 13.3. The molecule has 40 heavy (non-hydrogen) atoms. The first-order valence-electron chi connectivity index (χ1n) is 15.9. The van der Waals surface area contributed by atoms with Gasteiger partial charge in [-0.15, -0.1) is 0 Å². The van der Waals surface area contributed by atoms with E-state index in [0.717, 1.165) is 40.4 Å². The van der Waals surface area contributed by atoms with Crippen molar-refractivity contribution in [3.05, 3.63) is 89.5 Å². The van der Waals surface area contributed by atoms with Crippen LogP contribution in [0.2, 0.25) is 0 Å². The van der Waals surface area contributed by atoms with Gasteiger partial charge in [-0.25, -0.2) is 0 Å². The van der Waals surface area contributed by atoms with E-state index in [1.165, 1.54) is 74.5 Å². The zero-order valence-electron chi connectivity index (χ0n) is 25.6. The standard InChI is InChI=1S/C37H52O2S/c1-5-9-12-16-31-19-25-34(26-20-31)40(39-37(38)15-8-4,35-27-21-32(22-28-35)17-13-10-6-2)36-29-23-33(24-30-36)18-14-11-7-3/h19-30H,5-18H2,1-4H3. The van der Waals surface area contributed by atoms with E-state index in [0.29, 0.717) is 6.42 Å². The van der Waals surface area contributed by atoms with E-state index in [1.807, 2.05) is 6.92 Å². The first kappa shape index (κ1) is 32.0. The van der Waals surface area contributed by atoms with Crippen LogP contribution in [-0.2, 0) is 28.2 Å². The molecule has 218 valence electrons. The number of carbonyl (C=O) groups is 1. The molecule has 3 aromatic rings. The first-order valence-corrected chi connectivity index (χ1v) is 17.5. The minimum absolute atomic E-state index is 0.122. The number of aryl methyl sites for hydroxylation is 3. The largest absolute Gasteiger partial charge is 0.402 e. The van der Waals surface area contributed by atoms with Gasteiger partial charge in [0.05, 0.1) is 0 Å². The van der Waals surface area contributed by atoms with Crippen molar-refractivity contribution < 1.29 is 8.98 Å². The average molecular weight is 561 g/mol. The highest BCUT2D eigenvalue weighted by molar-refractivity contribution is 8.30. The highest BCUT2D eigenvalue weighted by Crippen LogP contribution is 2.69. The van der Waals surface area contributed by atoms with Crippen LogP contribution in [0.3, 0.4) is 0 Å². The third-order valence-electron chi connectivity index (χ3n) is 7.64. The topological polar surface area (TPSA) is 26.3 Å². The van der Waals surface area contributed by atoms with Gasteiger partial charge >= 0.3 is 5.97 Å². The van der Waals surface area contributed by atoms with Crippen LogP contribution in [-0.4, -0.2) is 5.97 Å². The number of rotatable bonds is 18. The Hall–Kier alpha value is -2.52. The molecule has 0 amide bonds. The van der Waals surface area contributed by atoms with E-state index in [9.17, 15) is 4.79 Å². The Bertz CT molecular complexity index is 986. The number of benzene rings is 3. The monoisotopic (exact) mass is 560 g/mol. The highest BCUT2D eigenvalue weighted by atomic mass is 32.3. The Kier molecular flexibility index (Phi) is 13.9. The molecule has 0 aliphatic carbocycles. The van der Waals surface area contributed by atoms with Gasteiger partial charge in [0.25, 0.3) is 0 Å². The second kappa shape index (κ2) is 17.3. The van der Waals surface area contributed by atoms with Gasteiger partial charge in [0, 0.05) is 21.1 Å². The summed E-state index contributed by atoms with van der Waals surface area (Å²) in [6, 6.07) is 26.8. The Labute approximate surface area is 246 Å². The molecule has 0 saturated heterocycles. The molecular weight excluding hydrogens is 508 g/mol. The van der Waals surface area contributed by atoms with Crippen molar-refractivity contribution in [1.29, 1.82) is 0 Å². The molecular formula is C37H52O2S. The summed E-state index contributed by atoms with van der Waals surface area (Å²) in [7, 11) is -2.23. The van der Waals surface area contributed by atoms with Crippen LogP contribution in [0.4, 0.5) is 0 Å². The Morgan fingerprint density at radius 3 is 1.10 bits per heavy atom. The van der Waals surface area contributed by atoms with Gasteiger partial charge in [0.2, 0.25) is 0 Å². The van der Waals surface area contributed by atoms with Crippen LogP contribution >= 0.6 is 10.3 Å². The van der Waals surface area contributed by atoms with Gasteiger partial charge in [-0.05, 0) is 108 Å². The van der Waals surface area contributed by atoms with Crippen molar-refractivity contribution in [2.45, 2.75) is 132 Å². The predicted molar refractivity (Wildman–Crippen MR) is 172 cm³/mol. The van der Waals surface area contributed by atoms with Gasteiger partial charge in [-0.1, -0.05) is 103 Å². The lowest BCUT2D eigenvalue weighted by Gasteiger charge is -2.40. The normalized spacial score (nSPS) is 11.9. The molecule has 0 aliphatic rings. The van der Waals surface area contributed by atoms with Crippen molar-refractivity contribution in [2.75, 3.05) is 0 Å². The molecule has 3 heteroatoms. The van der Waals surface area contributed by atoms with Crippen LogP contribution in [0.15, 0.2) is 87.5 Å². The molecule has 2 nitrogen and oxygen atoms in total. The SMILES string of the molecule is CCCCCc1ccc(S(OC(=O)CCC)(c2ccc(CCCCC)cc2)c2ccc(CCCCC)cc2)cc1. The summed E-state index contributed by atoms with van der Waals surface area (Å²) in [5, 5.41) is 0. The fourth-order valence-electron chi connectivity index (χ4n) is 5.22. The molecule has 0 saturated carbocycles. The molecule has 0 unspecified atom stereocenters. The van der Waals surface area contributed by atoms with Crippen molar-refractivity contribution in [3.63, 3.8) is 0 Å². The number of unbranched alkanes of at least 4 members (excludes halogenated alkanes) is 6. The van der Waals surface area contributed by atoms with Crippen molar-refractivity contribution in [1.82, 2.24) is 0 Å². The molecule has 0 N–H and O–H groups in total. The van der Waals surface area contributed by atoms with Gasteiger partial charge in [0.15, 0.2) is 0 Å². The van der Waals surface area contributed by atoms with Gasteiger partial charge in [-0.2, -0.15) is 0 Å². The quantitative estimate of drug-likeness (QED) is 0.145. The summed E-state index contributed by atoms with van der Waals surface area (Å²) >= 11 is 0. The van der Waals surface area contributed by atoms with Crippen LogP contribution in [0.1, 0.15) is 115 Å². The van der Waals surface area contributed by atoms with Gasteiger partial charge < -0.3 is 4.18 Å². The van der Waals surface area contributed by atoms with E-state index in [-0.39, 0.29) is 5.97 Å². The summed E-state index contributed by atoms with van der Waals surface area (Å²) in [6.45, 7) is 8.78. The lowest BCUT2D eigenvalue weighted by Crippen LogP contribution is -2.14. The van der Waals surface area contributed by atoms with E-state index < -0.39 is 10.3 Å². The summed E-state index contributed by atoms with van der Waals surface area (Å²) < 4.78 is 6.70. The maximum Gasteiger partial charge on any atom is 0.317 e. The lowest BCUT2D eigenvalue weighted by molar-refractivity contribution is -0.133. The van der Waals surface area contributed by atoms with Crippen LogP contribution in [0.5, 0.6) is 0 Å². The van der Waals surface area contributed by atoms with Crippen molar-refractivity contribution in [2.24, 2.45) is 0 Å². The smallest absolute Gasteiger partial charge is 0.317 e. The average Bonchev–Trinajstić information content (AvgIpc) is 2.98. The summed E-state index contributed by atoms with van der Waals surface area (Å²) in [4.78, 5) is 16.6. The first-order chi connectivity index (χ1) is 19.6. The fraction of sp³-hybridized carbons (Fsp3) is 0.486. The number of hydrogen-bond donors (Lipinski definition) is 0. The predicted octanol–water partition coefficient (Wildman–Crippen LogP) is 11.4. The van der Waals surface area contributed by atoms with Crippen LogP contribution in [0, 0.1) is 0 Å². The molecule has 0 aromatic heterocycles. The minimum atomic E-state index is -2.23. The molecule has 0 aliphatic heterocycles. The minimum Gasteiger partial charge on any atom is -0.402 e. The second-order valence-corrected chi connectivity index (χ2v) is 13.8. The van der Waals surface area contributed by atoms with E-state index in [1.54, 1.807) is 0 Å².